The Morgan fingerprint density at radius 2 is 1.86 bits per heavy atom. The Labute approximate surface area is 129 Å². The van der Waals surface area contributed by atoms with E-state index >= 15 is 0 Å². The first kappa shape index (κ1) is 15.6. The van der Waals surface area contributed by atoms with Crippen LogP contribution in [0.4, 0.5) is 0 Å². The number of benzene rings is 1. The summed E-state index contributed by atoms with van der Waals surface area (Å²) in [5, 5.41) is 9.26. The van der Waals surface area contributed by atoms with E-state index < -0.39 is 5.97 Å². The topological polar surface area (TPSA) is 46.5 Å². The number of carbonyl (C=O) groups is 1. The van der Waals surface area contributed by atoms with Crippen LogP contribution in [0.3, 0.4) is 0 Å². The SMILES string of the molecule is CCCc1cc(OCc2cc(C)cc(C)c2)c(C(=O)O)s1. The van der Waals surface area contributed by atoms with Crippen LogP contribution < -0.4 is 4.74 Å². The van der Waals surface area contributed by atoms with E-state index in [4.69, 9.17) is 4.74 Å². The van der Waals surface area contributed by atoms with Crippen LogP contribution in [-0.4, -0.2) is 11.1 Å². The van der Waals surface area contributed by atoms with Gasteiger partial charge in [-0.15, -0.1) is 11.3 Å². The number of aromatic carboxylic acids is 1. The summed E-state index contributed by atoms with van der Waals surface area (Å²) >= 11 is 1.31. The quantitative estimate of drug-likeness (QED) is 0.848. The van der Waals surface area contributed by atoms with Crippen molar-refractivity contribution in [3.63, 3.8) is 0 Å². The predicted molar refractivity (Wildman–Crippen MR) is 85.5 cm³/mol. The second-order valence-corrected chi connectivity index (χ2v) is 6.38. The van der Waals surface area contributed by atoms with Crippen LogP contribution >= 0.6 is 11.3 Å². The predicted octanol–water partition coefficient (Wildman–Crippen LogP) is 4.59. The summed E-state index contributed by atoms with van der Waals surface area (Å²) in [6.07, 6.45) is 1.88. The molecule has 0 fully saturated rings. The second kappa shape index (κ2) is 6.76. The Morgan fingerprint density at radius 1 is 1.19 bits per heavy atom. The molecule has 2 aromatic rings. The molecule has 1 aromatic carbocycles. The largest absolute Gasteiger partial charge is 0.487 e. The Bertz CT molecular complexity index is 623. The lowest BCUT2D eigenvalue weighted by atomic mass is 10.1. The van der Waals surface area contributed by atoms with E-state index in [2.05, 4.69) is 25.1 Å². The molecule has 1 N–H and O–H groups in total. The molecule has 2 rings (SSSR count). The second-order valence-electron chi connectivity index (χ2n) is 5.25. The number of rotatable bonds is 6. The molecule has 0 aliphatic heterocycles. The number of thiophene rings is 1. The minimum absolute atomic E-state index is 0.294. The maximum atomic E-state index is 11.3. The summed E-state index contributed by atoms with van der Waals surface area (Å²) in [6, 6.07) is 8.09. The first-order chi connectivity index (χ1) is 9.99. The fourth-order valence-electron chi connectivity index (χ4n) is 2.36. The number of hydrogen-bond acceptors (Lipinski definition) is 3. The molecular formula is C17H20O3S. The van der Waals surface area contributed by atoms with E-state index in [1.54, 1.807) is 0 Å². The molecule has 0 unspecified atom stereocenters. The lowest BCUT2D eigenvalue weighted by Crippen LogP contribution is -2.00. The van der Waals surface area contributed by atoms with Crippen molar-refractivity contribution >= 4 is 17.3 Å². The molecule has 4 heteroatoms. The molecule has 0 aliphatic rings. The normalized spacial score (nSPS) is 10.6. The smallest absolute Gasteiger partial charge is 0.349 e. The highest BCUT2D eigenvalue weighted by molar-refractivity contribution is 7.14. The molecule has 0 amide bonds. The van der Waals surface area contributed by atoms with Gasteiger partial charge in [-0.05, 0) is 31.9 Å². The van der Waals surface area contributed by atoms with Gasteiger partial charge in [-0.3, -0.25) is 0 Å². The zero-order valence-electron chi connectivity index (χ0n) is 12.6. The highest BCUT2D eigenvalue weighted by Gasteiger charge is 2.16. The van der Waals surface area contributed by atoms with Gasteiger partial charge in [0.25, 0.3) is 0 Å². The van der Waals surface area contributed by atoms with Gasteiger partial charge in [0.05, 0.1) is 0 Å². The van der Waals surface area contributed by atoms with Gasteiger partial charge in [-0.1, -0.05) is 42.7 Å². The highest BCUT2D eigenvalue weighted by atomic mass is 32.1. The minimum atomic E-state index is -0.919. The number of ether oxygens (including phenoxy) is 1. The molecule has 1 heterocycles. The average Bonchev–Trinajstić information content (AvgIpc) is 2.79. The zero-order chi connectivity index (χ0) is 15.4. The van der Waals surface area contributed by atoms with Crippen molar-refractivity contribution in [3.05, 3.63) is 50.7 Å². The third-order valence-electron chi connectivity index (χ3n) is 3.12. The van der Waals surface area contributed by atoms with Gasteiger partial charge >= 0.3 is 5.97 Å². The van der Waals surface area contributed by atoms with Crippen molar-refractivity contribution in [3.8, 4) is 5.75 Å². The molecule has 0 radical (unpaired) electrons. The van der Waals surface area contributed by atoms with E-state index in [9.17, 15) is 9.90 Å². The van der Waals surface area contributed by atoms with Crippen molar-refractivity contribution in [1.29, 1.82) is 0 Å². The molecule has 0 saturated carbocycles. The van der Waals surface area contributed by atoms with E-state index in [1.165, 1.54) is 22.5 Å². The van der Waals surface area contributed by atoms with Crippen LogP contribution in [0.1, 0.15) is 44.6 Å². The van der Waals surface area contributed by atoms with Crippen LogP contribution in [-0.2, 0) is 13.0 Å². The standard InChI is InChI=1S/C17H20O3S/c1-4-5-14-9-15(16(21-14)17(18)19)20-10-13-7-11(2)6-12(3)8-13/h6-9H,4-5,10H2,1-3H3,(H,18,19). The van der Waals surface area contributed by atoms with E-state index in [-0.39, 0.29) is 0 Å². The molecule has 3 nitrogen and oxygen atoms in total. The molecule has 0 atom stereocenters. The van der Waals surface area contributed by atoms with E-state index in [0.29, 0.717) is 17.2 Å². The maximum absolute atomic E-state index is 11.3. The van der Waals surface area contributed by atoms with Crippen LogP contribution in [0, 0.1) is 13.8 Å². The van der Waals surface area contributed by atoms with Crippen molar-refractivity contribution in [2.75, 3.05) is 0 Å². The van der Waals surface area contributed by atoms with Crippen molar-refractivity contribution < 1.29 is 14.6 Å². The summed E-state index contributed by atoms with van der Waals surface area (Å²) < 4.78 is 5.75. The Balaban J connectivity index is 2.16. The monoisotopic (exact) mass is 304 g/mol. The molecule has 0 aliphatic carbocycles. The van der Waals surface area contributed by atoms with Crippen molar-refractivity contribution in [1.82, 2.24) is 0 Å². The van der Waals surface area contributed by atoms with Crippen LogP contribution in [0.5, 0.6) is 5.75 Å². The zero-order valence-corrected chi connectivity index (χ0v) is 13.4. The van der Waals surface area contributed by atoms with Gasteiger partial charge in [-0.2, -0.15) is 0 Å². The third kappa shape index (κ3) is 4.08. The van der Waals surface area contributed by atoms with Gasteiger partial charge in [-0.25, -0.2) is 4.79 Å². The summed E-state index contributed by atoms with van der Waals surface area (Å²) in [4.78, 5) is 12.6. The highest BCUT2D eigenvalue weighted by Crippen LogP contribution is 2.31. The summed E-state index contributed by atoms with van der Waals surface area (Å²) in [5.74, 6) is -0.437. The Kier molecular flexibility index (Phi) is 5.02. The average molecular weight is 304 g/mol. The molecular weight excluding hydrogens is 284 g/mol. The molecule has 21 heavy (non-hydrogen) atoms. The first-order valence-corrected chi connectivity index (χ1v) is 7.87. The number of aryl methyl sites for hydroxylation is 3. The maximum Gasteiger partial charge on any atom is 0.349 e. The van der Waals surface area contributed by atoms with Gasteiger partial charge in [0.2, 0.25) is 0 Å². The van der Waals surface area contributed by atoms with Crippen LogP contribution in [0.15, 0.2) is 24.3 Å². The van der Waals surface area contributed by atoms with Crippen LogP contribution in [0.2, 0.25) is 0 Å². The van der Waals surface area contributed by atoms with Gasteiger partial charge in [0, 0.05) is 4.88 Å². The van der Waals surface area contributed by atoms with Crippen molar-refractivity contribution in [2.24, 2.45) is 0 Å². The molecule has 0 spiro atoms. The lowest BCUT2D eigenvalue weighted by molar-refractivity contribution is 0.0697. The third-order valence-corrected chi connectivity index (χ3v) is 4.28. The molecule has 1 aromatic heterocycles. The first-order valence-electron chi connectivity index (χ1n) is 7.05. The molecule has 0 saturated heterocycles. The number of hydrogen-bond donors (Lipinski definition) is 1. The Hall–Kier alpha value is -1.81. The lowest BCUT2D eigenvalue weighted by Gasteiger charge is -2.07. The van der Waals surface area contributed by atoms with E-state index in [1.807, 2.05) is 19.9 Å². The minimum Gasteiger partial charge on any atom is -0.487 e. The molecule has 0 bridgehead atoms. The van der Waals surface area contributed by atoms with E-state index in [0.717, 1.165) is 23.3 Å². The number of carboxylic acid groups (broad SMARTS) is 1. The number of carboxylic acids is 1. The van der Waals surface area contributed by atoms with Crippen LogP contribution in [0.25, 0.3) is 0 Å². The fourth-order valence-corrected chi connectivity index (χ4v) is 3.40. The Morgan fingerprint density at radius 3 is 2.43 bits per heavy atom. The van der Waals surface area contributed by atoms with Gasteiger partial charge < -0.3 is 9.84 Å². The fraction of sp³-hybridized carbons (Fsp3) is 0.353. The van der Waals surface area contributed by atoms with Gasteiger partial charge in [0.1, 0.15) is 12.4 Å². The molecule has 112 valence electrons. The summed E-state index contributed by atoms with van der Waals surface area (Å²) in [6.45, 7) is 6.56. The van der Waals surface area contributed by atoms with Crippen molar-refractivity contribution in [2.45, 2.75) is 40.2 Å². The summed E-state index contributed by atoms with van der Waals surface area (Å²) in [5.41, 5.74) is 3.43. The summed E-state index contributed by atoms with van der Waals surface area (Å²) in [7, 11) is 0. The van der Waals surface area contributed by atoms with Gasteiger partial charge in [0.15, 0.2) is 4.88 Å².